The quantitative estimate of drug-likeness (QED) is 0.821. The van der Waals surface area contributed by atoms with Crippen LogP contribution in [0.25, 0.3) is 10.2 Å². The maximum Gasteiger partial charge on any atom is 0.410 e. The molecule has 2 unspecified atom stereocenters. The van der Waals surface area contributed by atoms with E-state index in [1.54, 1.807) is 12.4 Å². The van der Waals surface area contributed by atoms with Crippen molar-refractivity contribution in [2.24, 2.45) is 17.8 Å². The zero-order chi connectivity index (χ0) is 19.3. The number of aromatic nitrogens is 2. The number of likely N-dealkylation sites (tertiary alicyclic amines) is 1. The maximum atomic E-state index is 12.3. The van der Waals surface area contributed by atoms with Gasteiger partial charge in [0.25, 0.3) is 5.91 Å². The summed E-state index contributed by atoms with van der Waals surface area (Å²) >= 11 is 1.36. The van der Waals surface area contributed by atoms with Crippen molar-refractivity contribution in [2.45, 2.75) is 18.9 Å². The van der Waals surface area contributed by atoms with Crippen LogP contribution in [0.3, 0.4) is 0 Å². The van der Waals surface area contributed by atoms with Gasteiger partial charge < -0.3 is 19.7 Å². The van der Waals surface area contributed by atoms with Crippen LogP contribution in [0, 0.1) is 17.8 Å². The predicted molar refractivity (Wildman–Crippen MR) is 102 cm³/mol. The predicted octanol–water partition coefficient (Wildman–Crippen LogP) is 1.91. The van der Waals surface area contributed by atoms with Gasteiger partial charge in [-0.25, -0.2) is 9.78 Å². The summed E-state index contributed by atoms with van der Waals surface area (Å²) in [6, 6.07) is 1.81. The van der Waals surface area contributed by atoms with Gasteiger partial charge in [0, 0.05) is 32.0 Å². The number of nitrogens with one attached hydrogen (secondary N) is 1. The summed E-state index contributed by atoms with van der Waals surface area (Å²) in [4.78, 5) is 34.8. The van der Waals surface area contributed by atoms with Gasteiger partial charge in [-0.05, 0) is 37.2 Å². The standard InChI is InChI=1S/C19H22N4O4S/c1-19(9-26-10-19)27-18(25)23-7-12-11(13(12)8-23)2-5-21-16(24)17-22-14-3-4-20-6-15(14)28-17/h3-4,6,11-13H,2,5,7-10H2,1H3,(H,21,24). The van der Waals surface area contributed by atoms with Crippen molar-refractivity contribution in [1.29, 1.82) is 0 Å². The molecule has 4 heterocycles. The second-order valence-electron chi connectivity index (χ2n) is 8.11. The molecule has 0 bridgehead atoms. The lowest BCUT2D eigenvalue weighted by atomic mass is 10.1. The molecular formula is C19H22N4O4S. The number of nitrogens with zero attached hydrogens (tertiary/aromatic N) is 3. The third-order valence-corrected chi connectivity index (χ3v) is 6.93. The van der Waals surface area contributed by atoms with E-state index in [0.29, 0.717) is 42.5 Å². The van der Waals surface area contributed by atoms with Crippen LogP contribution in [0.1, 0.15) is 23.1 Å². The highest BCUT2D eigenvalue weighted by Crippen LogP contribution is 2.53. The maximum absolute atomic E-state index is 12.3. The van der Waals surface area contributed by atoms with Gasteiger partial charge in [-0.1, -0.05) is 0 Å². The molecule has 0 spiro atoms. The molecule has 2 atom stereocenters. The normalized spacial score (nSPS) is 27.2. The Kier molecular flexibility index (Phi) is 4.24. The minimum atomic E-state index is -0.454. The van der Waals surface area contributed by atoms with Crippen LogP contribution in [0.2, 0.25) is 0 Å². The van der Waals surface area contributed by atoms with Crippen molar-refractivity contribution >= 4 is 33.6 Å². The van der Waals surface area contributed by atoms with Gasteiger partial charge in [0.05, 0.1) is 23.4 Å². The molecule has 2 amide bonds. The highest BCUT2D eigenvalue weighted by molar-refractivity contribution is 7.20. The monoisotopic (exact) mass is 402 g/mol. The average molecular weight is 402 g/mol. The third kappa shape index (κ3) is 3.22. The van der Waals surface area contributed by atoms with Crippen molar-refractivity contribution in [3.05, 3.63) is 23.5 Å². The summed E-state index contributed by atoms with van der Waals surface area (Å²) in [6.07, 6.45) is 4.11. The van der Waals surface area contributed by atoms with Crippen molar-refractivity contribution < 1.29 is 19.1 Å². The van der Waals surface area contributed by atoms with E-state index in [4.69, 9.17) is 9.47 Å². The highest BCUT2D eigenvalue weighted by atomic mass is 32.1. The Morgan fingerprint density at radius 2 is 2.18 bits per heavy atom. The van der Waals surface area contributed by atoms with E-state index >= 15 is 0 Å². The Labute approximate surface area is 166 Å². The van der Waals surface area contributed by atoms with Gasteiger partial charge in [-0.2, -0.15) is 0 Å². The fourth-order valence-electron chi connectivity index (χ4n) is 4.26. The first-order valence-corrected chi connectivity index (χ1v) is 10.4. The van der Waals surface area contributed by atoms with Gasteiger partial charge in [-0.3, -0.25) is 9.78 Å². The number of carbonyl (C=O) groups is 2. The lowest BCUT2D eigenvalue weighted by molar-refractivity contribution is -0.171. The molecule has 9 heteroatoms. The van der Waals surface area contributed by atoms with Crippen LogP contribution >= 0.6 is 11.3 Å². The number of rotatable bonds is 5. The Morgan fingerprint density at radius 3 is 2.86 bits per heavy atom. The molecule has 1 N–H and O–H groups in total. The number of hydrogen-bond acceptors (Lipinski definition) is 7. The van der Waals surface area contributed by atoms with E-state index in [0.717, 1.165) is 29.7 Å². The topological polar surface area (TPSA) is 93.7 Å². The molecule has 0 radical (unpaired) electrons. The van der Waals surface area contributed by atoms with Gasteiger partial charge in [0.1, 0.15) is 0 Å². The molecule has 8 nitrogen and oxygen atoms in total. The number of carbonyl (C=O) groups excluding carboxylic acids is 2. The number of pyridine rings is 1. The Hall–Kier alpha value is -2.26. The molecule has 2 saturated heterocycles. The first kappa shape index (κ1) is 17.8. The fraction of sp³-hybridized carbons (Fsp3) is 0.579. The molecule has 0 aromatic carbocycles. The number of fused-ring (bicyclic) bond motifs is 2. The SMILES string of the molecule is CC1(OC(=O)N2CC3C(CCNC(=O)c4nc5ccncc5s4)C3C2)COC1. The van der Waals surface area contributed by atoms with Crippen LogP contribution in [0.15, 0.2) is 18.5 Å². The summed E-state index contributed by atoms with van der Waals surface area (Å²) in [6.45, 7) is 5.00. The zero-order valence-corrected chi connectivity index (χ0v) is 16.4. The summed E-state index contributed by atoms with van der Waals surface area (Å²) in [5.74, 6) is 1.51. The fourth-order valence-corrected chi connectivity index (χ4v) is 5.10. The minimum absolute atomic E-state index is 0.131. The van der Waals surface area contributed by atoms with Crippen LogP contribution in [0.5, 0.6) is 0 Å². The van der Waals surface area contributed by atoms with Gasteiger partial charge in [0.2, 0.25) is 0 Å². The smallest absolute Gasteiger partial charge is 0.410 e. The van der Waals surface area contributed by atoms with Crippen LogP contribution < -0.4 is 5.32 Å². The van der Waals surface area contributed by atoms with Crippen LogP contribution in [-0.4, -0.2) is 65.3 Å². The van der Waals surface area contributed by atoms with E-state index < -0.39 is 5.60 Å². The van der Waals surface area contributed by atoms with Crippen LogP contribution in [-0.2, 0) is 9.47 Å². The molecule has 5 rings (SSSR count). The van der Waals surface area contributed by atoms with E-state index in [1.165, 1.54) is 11.3 Å². The number of thiazole rings is 1. The van der Waals surface area contributed by atoms with E-state index in [9.17, 15) is 9.59 Å². The molecule has 148 valence electrons. The van der Waals surface area contributed by atoms with Crippen molar-refractivity contribution in [2.75, 3.05) is 32.8 Å². The summed E-state index contributed by atoms with van der Waals surface area (Å²) in [5, 5.41) is 3.44. The molecule has 2 aromatic heterocycles. The first-order chi connectivity index (χ1) is 13.5. The van der Waals surface area contributed by atoms with Gasteiger partial charge >= 0.3 is 6.09 Å². The molecule has 2 aliphatic heterocycles. The minimum Gasteiger partial charge on any atom is -0.438 e. The molecule has 2 aromatic rings. The van der Waals surface area contributed by atoms with Crippen molar-refractivity contribution in [1.82, 2.24) is 20.2 Å². The summed E-state index contributed by atoms with van der Waals surface area (Å²) < 4.78 is 11.6. The number of amides is 2. The summed E-state index contributed by atoms with van der Waals surface area (Å²) in [7, 11) is 0. The van der Waals surface area contributed by atoms with E-state index in [2.05, 4.69) is 15.3 Å². The zero-order valence-electron chi connectivity index (χ0n) is 15.6. The molecular weight excluding hydrogens is 380 g/mol. The largest absolute Gasteiger partial charge is 0.438 e. The molecule has 28 heavy (non-hydrogen) atoms. The van der Waals surface area contributed by atoms with Gasteiger partial charge in [0.15, 0.2) is 10.6 Å². The number of ether oxygens (including phenoxy) is 2. The second-order valence-corrected chi connectivity index (χ2v) is 9.14. The van der Waals surface area contributed by atoms with E-state index in [-0.39, 0.29) is 12.0 Å². The Balaban J connectivity index is 1.06. The average Bonchev–Trinajstić information content (AvgIpc) is 3.05. The molecule has 1 aliphatic carbocycles. The first-order valence-electron chi connectivity index (χ1n) is 9.57. The lowest BCUT2D eigenvalue weighted by Gasteiger charge is -2.38. The van der Waals surface area contributed by atoms with Crippen molar-refractivity contribution in [3.8, 4) is 0 Å². The summed E-state index contributed by atoms with van der Waals surface area (Å²) in [5.41, 5.74) is 0.348. The van der Waals surface area contributed by atoms with E-state index in [1.807, 2.05) is 17.9 Å². The molecule has 1 saturated carbocycles. The Bertz CT molecular complexity index is 883. The van der Waals surface area contributed by atoms with Crippen LogP contribution in [0.4, 0.5) is 4.79 Å². The van der Waals surface area contributed by atoms with Gasteiger partial charge in [-0.15, -0.1) is 11.3 Å². The second kappa shape index (κ2) is 6.66. The number of hydrogen-bond donors (Lipinski definition) is 1. The molecule has 3 aliphatic rings. The lowest BCUT2D eigenvalue weighted by Crippen LogP contribution is -2.52. The van der Waals surface area contributed by atoms with Crippen molar-refractivity contribution in [3.63, 3.8) is 0 Å². The third-order valence-electron chi connectivity index (χ3n) is 5.93. The Morgan fingerprint density at radius 1 is 1.39 bits per heavy atom. The molecule has 3 fully saturated rings. The highest BCUT2D eigenvalue weighted by Gasteiger charge is 2.56. The number of piperidine rings is 1.